The maximum absolute atomic E-state index is 13.2. The lowest BCUT2D eigenvalue weighted by Crippen LogP contribution is -2.24. The van der Waals surface area contributed by atoms with E-state index in [-0.39, 0.29) is 35.0 Å². The summed E-state index contributed by atoms with van der Waals surface area (Å²) < 4.78 is 32.2. The Balaban J connectivity index is 1.48. The summed E-state index contributed by atoms with van der Waals surface area (Å²) in [6, 6.07) is 8.56. The number of hydrogen-bond acceptors (Lipinski definition) is 9. The van der Waals surface area contributed by atoms with E-state index in [1.165, 1.54) is 12.5 Å². The van der Waals surface area contributed by atoms with Crippen molar-refractivity contribution in [2.45, 2.75) is 31.4 Å². The normalized spacial score (nSPS) is 20.2. The van der Waals surface area contributed by atoms with E-state index in [4.69, 9.17) is 32.8 Å². The molecule has 1 aromatic carbocycles. The fraction of sp³-hybridized carbons (Fsp3) is 0.318. The average molecular weight is 541 g/mol. The number of nitrogens with zero attached hydrogens (tertiary/aromatic N) is 2. The fourth-order valence-corrected chi connectivity index (χ4v) is 4.81. The van der Waals surface area contributed by atoms with E-state index in [9.17, 15) is 18.3 Å². The summed E-state index contributed by atoms with van der Waals surface area (Å²) >= 11 is 12.3. The van der Waals surface area contributed by atoms with Crippen molar-refractivity contribution in [3.8, 4) is 0 Å². The highest BCUT2D eigenvalue weighted by Crippen LogP contribution is 2.31. The van der Waals surface area contributed by atoms with Gasteiger partial charge in [-0.05, 0) is 48.2 Å². The number of rotatable bonds is 9. The lowest BCUT2D eigenvalue weighted by molar-refractivity contribution is 0.100. The smallest absolute Gasteiger partial charge is 0.333 e. The van der Waals surface area contributed by atoms with Crippen molar-refractivity contribution in [1.29, 1.82) is 0 Å². The monoisotopic (exact) mass is 540 g/mol. The third kappa shape index (κ3) is 6.57. The summed E-state index contributed by atoms with van der Waals surface area (Å²) in [6.45, 7) is -0.242. The van der Waals surface area contributed by atoms with Crippen LogP contribution in [0.4, 0.5) is 5.82 Å². The second-order valence-electron chi connectivity index (χ2n) is 8.25. The van der Waals surface area contributed by atoms with Gasteiger partial charge >= 0.3 is 10.3 Å². The van der Waals surface area contributed by atoms with Crippen LogP contribution >= 0.6 is 23.2 Å². The SMILES string of the molecule is NS(=O)(=O)OC[C@H]1C[C@@H](Nc2ncncc2C(=O)c2cc(Cc3cccc(Cl)c3)c(Cl)o2)C[C@@H]1O. The van der Waals surface area contributed by atoms with Gasteiger partial charge in [0.15, 0.2) is 11.0 Å². The molecule has 186 valence electrons. The Morgan fingerprint density at radius 1 is 1.29 bits per heavy atom. The Hall–Kier alpha value is -2.54. The van der Waals surface area contributed by atoms with E-state index >= 15 is 0 Å². The number of nitrogens with one attached hydrogen (secondary N) is 1. The molecule has 0 amide bonds. The van der Waals surface area contributed by atoms with E-state index in [0.29, 0.717) is 29.8 Å². The van der Waals surface area contributed by atoms with Crippen molar-refractivity contribution in [2.24, 2.45) is 11.1 Å². The number of carbonyl (C=O) groups is 1. The van der Waals surface area contributed by atoms with Crippen molar-refractivity contribution < 1.29 is 26.9 Å². The molecule has 2 aromatic heterocycles. The first kappa shape index (κ1) is 25.5. The number of anilines is 1. The van der Waals surface area contributed by atoms with E-state index in [0.717, 1.165) is 5.56 Å². The maximum atomic E-state index is 13.2. The van der Waals surface area contributed by atoms with Crippen LogP contribution in [0.15, 0.2) is 47.3 Å². The van der Waals surface area contributed by atoms with Crippen LogP contribution in [0.1, 0.15) is 40.1 Å². The zero-order chi connectivity index (χ0) is 25.2. The first-order valence-corrected chi connectivity index (χ1v) is 12.8. The molecule has 4 N–H and O–H groups in total. The van der Waals surface area contributed by atoms with Crippen molar-refractivity contribution in [3.63, 3.8) is 0 Å². The van der Waals surface area contributed by atoms with Gasteiger partial charge in [0.1, 0.15) is 12.1 Å². The molecule has 1 fully saturated rings. The van der Waals surface area contributed by atoms with Crippen molar-refractivity contribution >= 4 is 45.1 Å². The number of hydrogen-bond donors (Lipinski definition) is 3. The first-order chi connectivity index (χ1) is 16.6. The molecule has 0 spiro atoms. The quantitative estimate of drug-likeness (QED) is 0.347. The number of furan rings is 1. The minimum absolute atomic E-state index is 0.0239. The number of ketones is 1. The van der Waals surface area contributed by atoms with Crippen molar-refractivity contribution in [1.82, 2.24) is 9.97 Å². The third-order valence-electron chi connectivity index (χ3n) is 5.67. The second-order valence-corrected chi connectivity index (χ2v) is 10.2. The summed E-state index contributed by atoms with van der Waals surface area (Å²) in [7, 11) is -4.11. The van der Waals surface area contributed by atoms with Gasteiger partial charge in [-0.1, -0.05) is 23.7 Å². The molecule has 3 atom stereocenters. The summed E-state index contributed by atoms with van der Waals surface area (Å²) in [5.41, 5.74) is 1.69. The van der Waals surface area contributed by atoms with Gasteiger partial charge in [-0.3, -0.25) is 8.98 Å². The topological polar surface area (TPSA) is 158 Å². The van der Waals surface area contributed by atoms with Gasteiger partial charge in [0.25, 0.3) is 0 Å². The van der Waals surface area contributed by atoms with Gasteiger partial charge in [0.2, 0.25) is 5.78 Å². The molecule has 0 bridgehead atoms. The third-order valence-corrected chi connectivity index (χ3v) is 6.69. The van der Waals surface area contributed by atoms with Gasteiger partial charge in [-0.25, -0.2) is 15.1 Å². The van der Waals surface area contributed by atoms with Crippen LogP contribution in [-0.4, -0.2) is 48.0 Å². The minimum Gasteiger partial charge on any atom is -0.441 e. The lowest BCUT2D eigenvalue weighted by atomic mass is 10.1. The van der Waals surface area contributed by atoms with Crippen LogP contribution < -0.4 is 10.5 Å². The first-order valence-electron chi connectivity index (χ1n) is 10.6. The Morgan fingerprint density at radius 2 is 2.09 bits per heavy atom. The summed E-state index contributed by atoms with van der Waals surface area (Å²) in [4.78, 5) is 21.3. The Kier molecular flexibility index (Phi) is 7.74. The molecule has 2 heterocycles. The zero-order valence-corrected chi connectivity index (χ0v) is 20.6. The fourth-order valence-electron chi connectivity index (χ4n) is 4.02. The van der Waals surface area contributed by atoms with E-state index < -0.39 is 28.1 Å². The van der Waals surface area contributed by atoms with Gasteiger partial charge < -0.3 is 14.8 Å². The molecule has 13 heteroatoms. The second kappa shape index (κ2) is 10.6. The Bertz CT molecular complexity index is 1330. The average Bonchev–Trinajstić information content (AvgIpc) is 3.33. The molecule has 35 heavy (non-hydrogen) atoms. The standard InChI is InChI=1S/C22H22Cl2N4O6S/c23-15-3-1-2-12(5-15)4-13-7-19(34-21(13)24)20(30)17-9-26-11-27-22(17)28-16-6-14(18(29)8-16)10-33-35(25,31)32/h1-3,5,7,9,11,14,16,18,29H,4,6,8,10H2,(H2,25,31,32)(H,26,27,28)/t14-,16-,18+/m1/s1. The molecule has 0 radical (unpaired) electrons. The molecule has 0 unspecified atom stereocenters. The summed E-state index contributed by atoms with van der Waals surface area (Å²) in [5.74, 6) is -0.653. The molecule has 1 aliphatic rings. The number of nitrogens with two attached hydrogens (primary N) is 1. The number of benzene rings is 1. The number of carbonyl (C=O) groups excluding carboxylic acids is 1. The zero-order valence-electron chi connectivity index (χ0n) is 18.2. The van der Waals surface area contributed by atoms with Crippen LogP contribution in [0.3, 0.4) is 0 Å². The predicted octanol–water partition coefficient (Wildman–Crippen LogP) is 2.97. The van der Waals surface area contributed by atoms with Gasteiger partial charge in [-0.15, -0.1) is 0 Å². The Labute approximate surface area is 211 Å². The molecular formula is C22H22Cl2N4O6S. The molecule has 4 rings (SSSR count). The van der Waals surface area contributed by atoms with Crippen LogP contribution in [0, 0.1) is 5.92 Å². The molecule has 0 saturated heterocycles. The van der Waals surface area contributed by atoms with Gasteiger partial charge in [-0.2, -0.15) is 8.42 Å². The van der Waals surface area contributed by atoms with Crippen LogP contribution in [0.5, 0.6) is 0 Å². The maximum Gasteiger partial charge on any atom is 0.333 e. The van der Waals surface area contributed by atoms with Crippen LogP contribution in [0.2, 0.25) is 10.2 Å². The highest BCUT2D eigenvalue weighted by molar-refractivity contribution is 7.84. The lowest BCUT2D eigenvalue weighted by Gasteiger charge is -2.15. The molecule has 0 aliphatic heterocycles. The van der Waals surface area contributed by atoms with Gasteiger partial charge in [0, 0.05) is 35.2 Å². The largest absolute Gasteiger partial charge is 0.441 e. The van der Waals surface area contributed by atoms with E-state index in [2.05, 4.69) is 19.5 Å². The highest BCUT2D eigenvalue weighted by atomic mass is 35.5. The summed E-state index contributed by atoms with van der Waals surface area (Å²) in [5, 5.41) is 18.9. The molecule has 1 aliphatic carbocycles. The molecular weight excluding hydrogens is 519 g/mol. The number of aliphatic hydroxyl groups is 1. The van der Waals surface area contributed by atoms with Crippen molar-refractivity contribution in [2.75, 3.05) is 11.9 Å². The number of aliphatic hydroxyl groups excluding tert-OH is 1. The number of halogens is 2. The van der Waals surface area contributed by atoms with Crippen LogP contribution in [-0.2, 0) is 20.9 Å². The minimum atomic E-state index is -4.11. The molecule has 1 saturated carbocycles. The molecule has 3 aromatic rings. The Morgan fingerprint density at radius 3 is 2.83 bits per heavy atom. The van der Waals surface area contributed by atoms with Gasteiger partial charge in [0.05, 0.1) is 18.3 Å². The van der Waals surface area contributed by atoms with E-state index in [1.807, 2.05) is 12.1 Å². The summed E-state index contributed by atoms with van der Waals surface area (Å²) in [6.07, 6.45) is 2.93. The number of aromatic nitrogens is 2. The van der Waals surface area contributed by atoms with Crippen molar-refractivity contribution in [3.05, 3.63) is 75.5 Å². The molecule has 10 nitrogen and oxygen atoms in total. The van der Waals surface area contributed by atoms with Crippen LogP contribution in [0.25, 0.3) is 0 Å². The highest BCUT2D eigenvalue weighted by Gasteiger charge is 2.35. The predicted molar refractivity (Wildman–Crippen MR) is 129 cm³/mol. The van der Waals surface area contributed by atoms with E-state index in [1.54, 1.807) is 18.2 Å².